The maximum atomic E-state index is 5.68. The third kappa shape index (κ3) is 2.74. The summed E-state index contributed by atoms with van der Waals surface area (Å²) in [5.74, 6) is 1.39. The molecule has 2 rings (SSSR count). The fraction of sp³-hybridized carbons (Fsp3) is 0.0833. The molecule has 0 atom stereocenters. The van der Waals surface area contributed by atoms with E-state index in [-0.39, 0.29) is 0 Å². The van der Waals surface area contributed by atoms with Crippen LogP contribution in [0.25, 0.3) is 0 Å². The van der Waals surface area contributed by atoms with Gasteiger partial charge in [-0.3, -0.25) is 0 Å². The number of pyridine rings is 1. The number of ether oxygens (including phenoxy) is 1. The van der Waals surface area contributed by atoms with Gasteiger partial charge in [0.25, 0.3) is 0 Å². The van der Waals surface area contributed by atoms with E-state index in [1.165, 1.54) is 3.57 Å². The Morgan fingerprint density at radius 1 is 1.19 bits per heavy atom. The van der Waals surface area contributed by atoms with Crippen LogP contribution in [0.1, 0.15) is 5.56 Å². The van der Waals surface area contributed by atoms with Gasteiger partial charge in [-0.05, 0) is 81.3 Å². The molecule has 1 aromatic heterocycles. The van der Waals surface area contributed by atoms with Crippen molar-refractivity contribution in [1.82, 2.24) is 4.98 Å². The van der Waals surface area contributed by atoms with Crippen molar-refractivity contribution >= 4 is 38.5 Å². The molecule has 0 aliphatic rings. The first-order valence-electron chi connectivity index (χ1n) is 4.71. The van der Waals surface area contributed by atoms with Crippen LogP contribution in [0.4, 0.5) is 0 Å². The van der Waals surface area contributed by atoms with Crippen LogP contribution in [0.2, 0.25) is 0 Å². The summed E-state index contributed by atoms with van der Waals surface area (Å²) in [6.45, 7) is 2.01. The number of rotatable bonds is 2. The molecule has 0 radical (unpaired) electrons. The maximum absolute atomic E-state index is 5.68. The topological polar surface area (TPSA) is 22.1 Å². The molecule has 0 saturated heterocycles. The predicted molar refractivity (Wildman–Crippen MR) is 75.9 cm³/mol. The lowest BCUT2D eigenvalue weighted by molar-refractivity contribution is 0.459. The monoisotopic (exact) mass is 389 g/mol. The normalized spacial score (nSPS) is 10.2. The van der Waals surface area contributed by atoms with Crippen LogP contribution < -0.4 is 4.74 Å². The molecule has 1 heterocycles. The van der Waals surface area contributed by atoms with E-state index in [0.29, 0.717) is 5.88 Å². The van der Waals surface area contributed by atoms with Gasteiger partial charge in [0, 0.05) is 9.77 Å². The largest absolute Gasteiger partial charge is 0.438 e. The van der Waals surface area contributed by atoms with Crippen LogP contribution in [-0.4, -0.2) is 4.98 Å². The van der Waals surface area contributed by atoms with Gasteiger partial charge in [-0.2, -0.15) is 0 Å². The number of hydrogen-bond donors (Lipinski definition) is 0. The Hall–Kier alpha value is -0.620. The predicted octanol–water partition coefficient (Wildman–Crippen LogP) is 4.55. The standard InChI is InChI=1S/C12H9BrINO/c1-8-6-7-15-12(11(8)13)16-10-4-2-9(14)3-5-10/h2-7H,1H3. The van der Waals surface area contributed by atoms with Gasteiger partial charge in [0.1, 0.15) is 5.75 Å². The highest BCUT2D eigenvalue weighted by Crippen LogP contribution is 2.29. The van der Waals surface area contributed by atoms with Crippen LogP contribution in [0.15, 0.2) is 41.0 Å². The van der Waals surface area contributed by atoms with E-state index in [1.807, 2.05) is 37.3 Å². The van der Waals surface area contributed by atoms with Crippen LogP contribution in [-0.2, 0) is 0 Å². The van der Waals surface area contributed by atoms with Crippen molar-refractivity contribution in [2.24, 2.45) is 0 Å². The molecule has 1 aromatic carbocycles. The highest BCUT2D eigenvalue weighted by molar-refractivity contribution is 14.1. The minimum Gasteiger partial charge on any atom is -0.438 e. The van der Waals surface area contributed by atoms with Gasteiger partial charge in [0.15, 0.2) is 0 Å². The quantitative estimate of drug-likeness (QED) is 0.703. The lowest BCUT2D eigenvalue weighted by Gasteiger charge is -2.07. The van der Waals surface area contributed by atoms with Crippen LogP contribution in [0.3, 0.4) is 0 Å². The molecule has 0 unspecified atom stereocenters. The number of hydrogen-bond acceptors (Lipinski definition) is 2. The minimum absolute atomic E-state index is 0.598. The molecule has 4 heteroatoms. The SMILES string of the molecule is Cc1ccnc(Oc2ccc(I)cc2)c1Br. The lowest BCUT2D eigenvalue weighted by atomic mass is 10.3. The van der Waals surface area contributed by atoms with Gasteiger partial charge in [-0.1, -0.05) is 0 Å². The molecular weight excluding hydrogens is 381 g/mol. The number of aryl methyl sites for hydroxylation is 1. The summed E-state index contributed by atoms with van der Waals surface area (Å²) in [6.07, 6.45) is 1.74. The molecule has 0 saturated carbocycles. The second-order valence-electron chi connectivity index (χ2n) is 3.30. The Kier molecular flexibility index (Phi) is 3.81. The number of nitrogens with zero attached hydrogens (tertiary/aromatic N) is 1. The second kappa shape index (κ2) is 5.14. The Balaban J connectivity index is 2.27. The molecule has 0 N–H and O–H groups in total. The third-order valence-electron chi connectivity index (χ3n) is 2.08. The lowest BCUT2D eigenvalue weighted by Crippen LogP contribution is -1.90. The number of benzene rings is 1. The van der Waals surface area contributed by atoms with Crippen LogP contribution in [0, 0.1) is 10.5 Å². The zero-order valence-corrected chi connectivity index (χ0v) is 12.3. The molecule has 2 nitrogen and oxygen atoms in total. The summed E-state index contributed by atoms with van der Waals surface area (Å²) in [4.78, 5) is 4.19. The molecular formula is C12H9BrINO. The molecule has 82 valence electrons. The van der Waals surface area contributed by atoms with Gasteiger partial charge in [0.2, 0.25) is 5.88 Å². The van der Waals surface area contributed by atoms with Gasteiger partial charge in [-0.15, -0.1) is 0 Å². The molecule has 0 amide bonds. The maximum Gasteiger partial charge on any atom is 0.233 e. The molecule has 2 aromatic rings. The zero-order chi connectivity index (χ0) is 11.5. The summed E-state index contributed by atoms with van der Waals surface area (Å²) in [6, 6.07) is 9.79. The average molecular weight is 390 g/mol. The van der Waals surface area contributed by atoms with Crippen molar-refractivity contribution in [2.45, 2.75) is 6.92 Å². The van der Waals surface area contributed by atoms with Crippen LogP contribution in [0.5, 0.6) is 11.6 Å². The fourth-order valence-corrected chi connectivity index (χ4v) is 1.88. The Morgan fingerprint density at radius 2 is 1.88 bits per heavy atom. The van der Waals surface area contributed by atoms with Gasteiger partial charge < -0.3 is 4.74 Å². The van der Waals surface area contributed by atoms with Crippen molar-refractivity contribution in [2.75, 3.05) is 0 Å². The first-order valence-corrected chi connectivity index (χ1v) is 6.58. The van der Waals surface area contributed by atoms with Crippen molar-refractivity contribution < 1.29 is 4.74 Å². The first-order chi connectivity index (χ1) is 7.66. The Bertz CT molecular complexity index is 499. The molecule has 0 bridgehead atoms. The first kappa shape index (κ1) is 11.9. The van der Waals surface area contributed by atoms with E-state index < -0.39 is 0 Å². The van der Waals surface area contributed by atoms with Crippen molar-refractivity contribution in [1.29, 1.82) is 0 Å². The fourth-order valence-electron chi connectivity index (χ4n) is 1.20. The molecule has 16 heavy (non-hydrogen) atoms. The molecule has 0 aliphatic heterocycles. The van der Waals surface area contributed by atoms with Crippen molar-refractivity contribution in [3.05, 3.63) is 50.1 Å². The molecule has 0 spiro atoms. The Labute approximate surface area is 116 Å². The van der Waals surface area contributed by atoms with Gasteiger partial charge in [0.05, 0.1) is 4.47 Å². The van der Waals surface area contributed by atoms with E-state index in [9.17, 15) is 0 Å². The zero-order valence-electron chi connectivity index (χ0n) is 8.58. The van der Waals surface area contributed by atoms with Crippen LogP contribution >= 0.6 is 38.5 Å². The summed E-state index contributed by atoms with van der Waals surface area (Å²) < 4.78 is 7.76. The molecule has 0 fully saturated rings. The number of halogens is 2. The van der Waals surface area contributed by atoms with E-state index in [4.69, 9.17) is 4.74 Å². The molecule has 0 aliphatic carbocycles. The summed E-state index contributed by atoms with van der Waals surface area (Å²) >= 11 is 5.72. The minimum atomic E-state index is 0.598. The third-order valence-corrected chi connectivity index (χ3v) is 3.76. The highest BCUT2D eigenvalue weighted by Gasteiger charge is 2.06. The second-order valence-corrected chi connectivity index (χ2v) is 5.34. The van der Waals surface area contributed by atoms with E-state index in [0.717, 1.165) is 15.8 Å². The smallest absolute Gasteiger partial charge is 0.233 e. The van der Waals surface area contributed by atoms with Gasteiger partial charge in [-0.25, -0.2) is 4.98 Å². The van der Waals surface area contributed by atoms with Crippen molar-refractivity contribution in [3.63, 3.8) is 0 Å². The van der Waals surface area contributed by atoms with E-state index in [1.54, 1.807) is 6.20 Å². The summed E-state index contributed by atoms with van der Waals surface area (Å²) in [5, 5.41) is 0. The summed E-state index contributed by atoms with van der Waals surface area (Å²) in [7, 11) is 0. The Morgan fingerprint density at radius 3 is 2.56 bits per heavy atom. The van der Waals surface area contributed by atoms with Crippen molar-refractivity contribution in [3.8, 4) is 11.6 Å². The van der Waals surface area contributed by atoms with E-state index in [2.05, 4.69) is 43.5 Å². The average Bonchev–Trinajstić information content (AvgIpc) is 2.28. The summed E-state index contributed by atoms with van der Waals surface area (Å²) in [5.41, 5.74) is 1.11. The number of aromatic nitrogens is 1. The van der Waals surface area contributed by atoms with E-state index >= 15 is 0 Å². The highest BCUT2D eigenvalue weighted by atomic mass is 127. The van der Waals surface area contributed by atoms with Gasteiger partial charge >= 0.3 is 0 Å².